The highest BCUT2D eigenvalue weighted by molar-refractivity contribution is 9.10. The lowest BCUT2D eigenvalue weighted by molar-refractivity contribution is 0.0374. The third-order valence-electron chi connectivity index (χ3n) is 3.55. The largest absolute Gasteiger partial charge is 0.507 e. The maximum absolute atomic E-state index is 12.1. The van der Waals surface area contributed by atoms with Crippen LogP contribution in [0.3, 0.4) is 0 Å². The molecule has 0 radical (unpaired) electrons. The van der Waals surface area contributed by atoms with Crippen LogP contribution >= 0.6 is 28.3 Å². The predicted octanol–water partition coefficient (Wildman–Crippen LogP) is 2.34. The minimum absolute atomic E-state index is 0. The van der Waals surface area contributed by atoms with Crippen LogP contribution in [-0.2, 0) is 4.74 Å². The summed E-state index contributed by atoms with van der Waals surface area (Å²) in [6, 6.07) is 3.42. The maximum atomic E-state index is 12.1. The number of nitrogens with zero attached hydrogens (tertiary/aromatic N) is 1. The van der Waals surface area contributed by atoms with Crippen LogP contribution in [0.2, 0.25) is 0 Å². The van der Waals surface area contributed by atoms with Crippen molar-refractivity contribution in [3.63, 3.8) is 0 Å². The van der Waals surface area contributed by atoms with E-state index < -0.39 is 0 Å². The number of phenols is 1. The highest BCUT2D eigenvalue weighted by Crippen LogP contribution is 2.26. The number of rotatable bonds is 5. The molecule has 5 nitrogen and oxygen atoms in total. The molecule has 1 aromatic rings. The van der Waals surface area contributed by atoms with Crippen LogP contribution in [0, 0.1) is 6.92 Å². The van der Waals surface area contributed by atoms with E-state index in [-0.39, 0.29) is 24.1 Å². The maximum Gasteiger partial charge on any atom is 0.255 e. The fourth-order valence-electron chi connectivity index (χ4n) is 2.33. The molecule has 0 aromatic heterocycles. The first-order chi connectivity index (χ1) is 10.1. The van der Waals surface area contributed by atoms with Gasteiger partial charge in [-0.1, -0.05) is 15.9 Å². The summed E-state index contributed by atoms with van der Waals surface area (Å²) in [5.74, 6) is -0.192. The zero-order chi connectivity index (χ0) is 15.2. The zero-order valence-corrected chi connectivity index (χ0v) is 15.0. The first-order valence-corrected chi connectivity index (χ1v) is 7.94. The average Bonchev–Trinajstić information content (AvgIpc) is 2.48. The van der Waals surface area contributed by atoms with Crippen molar-refractivity contribution in [3.05, 3.63) is 27.7 Å². The summed E-state index contributed by atoms with van der Waals surface area (Å²) in [6.45, 7) is 6.82. The van der Waals surface area contributed by atoms with E-state index in [0.717, 1.165) is 43.7 Å². The number of benzene rings is 1. The van der Waals surface area contributed by atoms with Gasteiger partial charge in [0.2, 0.25) is 0 Å². The van der Waals surface area contributed by atoms with Gasteiger partial charge in [-0.2, -0.15) is 0 Å². The minimum Gasteiger partial charge on any atom is -0.507 e. The standard InChI is InChI=1S/C15H21BrN2O3.ClH/c1-11-9-12(16)10-13(14(11)19)15(20)17-3-2-4-18-5-7-21-8-6-18;/h9-10,19H,2-8H2,1H3,(H,17,20);1H. The van der Waals surface area contributed by atoms with Crippen LogP contribution in [0.15, 0.2) is 16.6 Å². The van der Waals surface area contributed by atoms with Crippen molar-refractivity contribution in [1.82, 2.24) is 10.2 Å². The Morgan fingerprint density at radius 1 is 1.41 bits per heavy atom. The molecule has 0 spiro atoms. The molecule has 1 heterocycles. The van der Waals surface area contributed by atoms with Crippen LogP contribution < -0.4 is 5.32 Å². The number of aryl methyl sites for hydroxylation is 1. The molecule has 7 heteroatoms. The quantitative estimate of drug-likeness (QED) is 0.754. The molecule has 1 fully saturated rings. The fraction of sp³-hybridized carbons (Fsp3) is 0.533. The van der Waals surface area contributed by atoms with Crippen molar-refractivity contribution in [3.8, 4) is 5.75 Å². The highest BCUT2D eigenvalue weighted by atomic mass is 79.9. The third kappa shape index (κ3) is 5.43. The van der Waals surface area contributed by atoms with E-state index in [1.807, 2.05) is 0 Å². The van der Waals surface area contributed by atoms with Gasteiger partial charge < -0.3 is 15.2 Å². The van der Waals surface area contributed by atoms with Crippen molar-refractivity contribution in [2.24, 2.45) is 0 Å². The lowest BCUT2D eigenvalue weighted by atomic mass is 10.1. The number of amides is 1. The van der Waals surface area contributed by atoms with Crippen molar-refractivity contribution >= 4 is 34.2 Å². The van der Waals surface area contributed by atoms with Gasteiger partial charge in [0.15, 0.2) is 0 Å². The Balaban J connectivity index is 0.00000242. The van der Waals surface area contributed by atoms with E-state index in [9.17, 15) is 9.90 Å². The van der Waals surface area contributed by atoms with Gasteiger partial charge in [0, 0.05) is 24.1 Å². The summed E-state index contributed by atoms with van der Waals surface area (Å²) in [5, 5.41) is 12.8. The summed E-state index contributed by atoms with van der Waals surface area (Å²) in [5.41, 5.74) is 0.996. The molecule has 0 aliphatic carbocycles. The van der Waals surface area contributed by atoms with Gasteiger partial charge in [-0.3, -0.25) is 9.69 Å². The van der Waals surface area contributed by atoms with Crippen molar-refractivity contribution in [1.29, 1.82) is 0 Å². The Kier molecular flexibility index (Phi) is 8.17. The molecule has 0 unspecified atom stereocenters. The Hall–Kier alpha value is -0.820. The van der Waals surface area contributed by atoms with Gasteiger partial charge in [0.25, 0.3) is 5.91 Å². The normalized spacial score (nSPS) is 15.2. The number of morpholine rings is 1. The second-order valence-electron chi connectivity index (χ2n) is 5.18. The van der Waals surface area contributed by atoms with Crippen LogP contribution in [0.25, 0.3) is 0 Å². The molecular weight excluding hydrogens is 372 g/mol. The van der Waals surface area contributed by atoms with E-state index in [1.54, 1.807) is 19.1 Å². The first kappa shape index (κ1) is 19.2. The predicted molar refractivity (Wildman–Crippen MR) is 92.0 cm³/mol. The van der Waals surface area contributed by atoms with E-state index in [2.05, 4.69) is 26.1 Å². The molecule has 1 amide bonds. The van der Waals surface area contributed by atoms with E-state index in [0.29, 0.717) is 17.7 Å². The Morgan fingerprint density at radius 2 is 2.09 bits per heavy atom. The molecule has 1 saturated heterocycles. The zero-order valence-electron chi connectivity index (χ0n) is 12.6. The van der Waals surface area contributed by atoms with Gasteiger partial charge in [-0.05, 0) is 37.6 Å². The number of nitrogens with one attached hydrogen (secondary N) is 1. The van der Waals surface area contributed by atoms with Gasteiger partial charge in [-0.25, -0.2) is 0 Å². The van der Waals surface area contributed by atoms with Gasteiger partial charge >= 0.3 is 0 Å². The molecular formula is C15H22BrClN2O3. The van der Waals surface area contributed by atoms with Gasteiger partial charge in [0.05, 0.1) is 18.8 Å². The number of carbonyl (C=O) groups excluding carboxylic acids is 1. The Labute approximate surface area is 145 Å². The number of ether oxygens (including phenoxy) is 1. The van der Waals surface area contributed by atoms with Crippen LogP contribution in [0.1, 0.15) is 22.3 Å². The highest BCUT2D eigenvalue weighted by Gasteiger charge is 2.14. The summed E-state index contributed by atoms with van der Waals surface area (Å²) >= 11 is 3.34. The summed E-state index contributed by atoms with van der Waals surface area (Å²) in [6.07, 6.45) is 0.888. The smallest absolute Gasteiger partial charge is 0.255 e. The number of hydrogen-bond donors (Lipinski definition) is 2. The molecule has 0 saturated carbocycles. The molecule has 0 atom stereocenters. The summed E-state index contributed by atoms with van der Waals surface area (Å²) < 4.78 is 6.08. The number of hydrogen-bond acceptors (Lipinski definition) is 4. The van der Waals surface area contributed by atoms with Crippen molar-refractivity contribution in [2.45, 2.75) is 13.3 Å². The molecule has 22 heavy (non-hydrogen) atoms. The Bertz CT molecular complexity index is 508. The number of carbonyl (C=O) groups is 1. The fourth-order valence-corrected chi connectivity index (χ4v) is 2.91. The van der Waals surface area contributed by atoms with Crippen molar-refractivity contribution in [2.75, 3.05) is 39.4 Å². The molecule has 124 valence electrons. The Morgan fingerprint density at radius 3 is 2.77 bits per heavy atom. The van der Waals surface area contributed by atoms with Gasteiger partial charge in [0.1, 0.15) is 5.75 Å². The van der Waals surface area contributed by atoms with Gasteiger partial charge in [-0.15, -0.1) is 12.4 Å². The molecule has 0 bridgehead atoms. The molecule has 2 N–H and O–H groups in total. The summed E-state index contributed by atoms with van der Waals surface area (Å²) in [4.78, 5) is 14.4. The van der Waals surface area contributed by atoms with E-state index in [1.165, 1.54) is 0 Å². The molecule has 1 aliphatic rings. The van der Waals surface area contributed by atoms with E-state index in [4.69, 9.17) is 4.74 Å². The van der Waals surface area contributed by atoms with Crippen molar-refractivity contribution < 1.29 is 14.6 Å². The van der Waals surface area contributed by atoms with Crippen LogP contribution in [0.4, 0.5) is 0 Å². The SMILES string of the molecule is Cc1cc(Br)cc(C(=O)NCCCN2CCOCC2)c1O.Cl. The lowest BCUT2D eigenvalue weighted by Gasteiger charge is -2.26. The lowest BCUT2D eigenvalue weighted by Crippen LogP contribution is -2.38. The number of phenolic OH excluding ortho intramolecular Hbond substituents is 1. The van der Waals surface area contributed by atoms with Crippen LogP contribution in [0.5, 0.6) is 5.75 Å². The summed E-state index contributed by atoms with van der Waals surface area (Å²) in [7, 11) is 0. The minimum atomic E-state index is -0.237. The second-order valence-corrected chi connectivity index (χ2v) is 6.10. The molecule has 1 aromatic carbocycles. The molecule has 1 aliphatic heterocycles. The monoisotopic (exact) mass is 392 g/mol. The second kappa shape index (κ2) is 9.35. The van der Waals surface area contributed by atoms with Crippen LogP contribution in [-0.4, -0.2) is 55.3 Å². The topological polar surface area (TPSA) is 61.8 Å². The number of halogens is 2. The van der Waals surface area contributed by atoms with E-state index >= 15 is 0 Å². The first-order valence-electron chi connectivity index (χ1n) is 7.15. The number of aromatic hydroxyl groups is 1. The third-order valence-corrected chi connectivity index (χ3v) is 4.01. The molecule has 2 rings (SSSR count). The average molecular weight is 394 g/mol.